The van der Waals surface area contributed by atoms with Crippen molar-refractivity contribution in [2.75, 3.05) is 33.9 Å². The van der Waals surface area contributed by atoms with Crippen molar-refractivity contribution in [2.24, 2.45) is 5.92 Å². The van der Waals surface area contributed by atoms with Crippen molar-refractivity contribution in [2.45, 2.75) is 30.6 Å². The van der Waals surface area contributed by atoms with Crippen LogP contribution >= 0.6 is 0 Å². The Morgan fingerprint density at radius 2 is 1.65 bits per heavy atom. The van der Waals surface area contributed by atoms with Crippen molar-refractivity contribution in [1.82, 2.24) is 9.62 Å². The van der Waals surface area contributed by atoms with E-state index in [1.807, 2.05) is 24.3 Å². The fraction of sp³-hybridized carbons (Fsp3) is 0.435. The molecule has 1 fully saturated rings. The lowest BCUT2D eigenvalue weighted by atomic mass is 9.99. The smallest absolute Gasteiger partial charge is 0.243 e. The van der Waals surface area contributed by atoms with Crippen molar-refractivity contribution >= 4 is 15.9 Å². The lowest BCUT2D eigenvalue weighted by Gasteiger charge is -2.31. The topological polar surface area (TPSA) is 84.9 Å². The minimum absolute atomic E-state index is 0.0793. The van der Waals surface area contributed by atoms with Crippen molar-refractivity contribution in [3.63, 3.8) is 0 Å². The Labute approximate surface area is 184 Å². The molecule has 1 N–H and O–H groups in total. The van der Waals surface area contributed by atoms with Crippen molar-refractivity contribution < 1.29 is 22.7 Å². The maximum atomic E-state index is 13.0. The molecule has 3 rings (SSSR count). The van der Waals surface area contributed by atoms with Gasteiger partial charge in [-0.15, -0.1) is 0 Å². The van der Waals surface area contributed by atoms with E-state index in [-0.39, 0.29) is 23.3 Å². The third-order valence-electron chi connectivity index (χ3n) is 5.55. The van der Waals surface area contributed by atoms with Gasteiger partial charge in [0, 0.05) is 19.6 Å². The Hall–Kier alpha value is -2.58. The van der Waals surface area contributed by atoms with Crippen LogP contribution in [0.4, 0.5) is 0 Å². The summed E-state index contributed by atoms with van der Waals surface area (Å²) < 4.78 is 37.6. The van der Waals surface area contributed by atoms with Crippen molar-refractivity contribution in [3.05, 3.63) is 54.1 Å². The Bertz CT molecular complexity index is 958. The number of nitrogens with one attached hydrogen (secondary N) is 1. The molecule has 1 unspecified atom stereocenters. The Morgan fingerprint density at radius 3 is 2.26 bits per heavy atom. The summed E-state index contributed by atoms with van der Waals surface area (Å²) in [6.45, 7) is 1.20. The molecule has 2 aromatic carbocycles. The minimum Gasteiger partial charge on any atom is -0.497 e. The van der Waals surface area contributed by atoms with E-state index in [2.05, 4.69) is 5.32 Å². The standard InChI is InChI=1S/C23H30N2O5S/c1-29-20-9-7-18(8-10-20)5-3-15-24-23(26)19-6-4-16-25(17-19)31(27,28)22-13-11-21(30-2)12-14-22/h7-14,19H,3-6,15-17H2,1-2H3,(H,24,26). The summed E-state index contributed by atoms with van der Waals surface area (Å²) in [5.41, 5.74) is 1.18. The van der Waals surface area contributed by atoms with Gasteiger partial charge in [0.25, 0.3) is 0 Å². The Kier molecular flexibility index (Phi) is 7.92. The van der Waals surface area contributed by atoms with Crippen LogP contribution < -0.4 is 14.8 Å². The number of hydrogen-bond acceptors (Lipinski definition) is 5. The fourth-order valence-corrected chi connectivity index (χ4v) is 5.24. The first-order valence-corrected chi connectivity index (χ1v) is 11.9. The van der Waals surface area contributed by atoms with Crippen molar-refractivity contribution in [1.29, 1.82) is 0 Å². The number of nitrogens with zero attached hydrogens (tertiary/aromatic N) is 1. The van der Waals surface area contributed by atoms with E-state index >= 15 is 0 Å². The summed E-state index contributed by atoms with van der Waals surface area (Å²) >= 11 is 0. The van der Waals surface area contributed by atoms with Crippen LogP contribution in [0.3, 0.4) is 0 Å². The van der Waals surface area contributed by atoms with Gasteiger partial charge < -0.3 is 14.8 Å². The Balaban J connectivity index is 1.50. The van der Waals surface area contributed by atoms with Crippen LogP contribution in [0.25, 0.3) is 0 Å². The number of aryl methyl sites for hydroxylation is 1. The predicted octanol–water partition coefficient (Wildman–Crippen LogP) is 2.85. The second-order valence-corrected chi connectivity index (χ2v) is 9.56. The lowest BCUT2D eigenvalue weighted by Crippen LogP contribution is -2.45. The molecular weight excluding hydrogens is 416 g/mol. The highest BCUT2D eigenvalue weighted by Crippen LogP contribution is 2.25. The molecule has 0 radical (unpaired) electrons. The molecule has 0 aromatic heterocycles. The van der Waals surface area contributed by atoms with Crippen LogP contribution in [0.1, 0.15) is 24.8 Å². The number of hydrogen-bond donors (Lipinski definition) is 1. The first-order valence-electron chi connectivity index (χ1n) is 10.5. The van der Waals surface area contributed by atoms with E-state index in [4.69, 9.17) is 9.47 Å². The number of piperidine rings is 1. The van der Waals surface area contributed by atoms with Gasteiger partial charge in [-0.05, 0) is 67.6 Å². The minimum atomic E-state index is -3.63. The van der Waals surface area contributed by atoms with Gasteiger partial charge in [-0.2, -0.15) is 4.31 Å². The van der Waals surface area contributed by atoms with Gasteiger partial charge >= 0.3 is 0 Å². The number of carbonyl (C=O) groups excluding carboxylic acids is 1. The largest absolute Gasteiger partial charge is 0.497 e. The molecule has 1 aliphatic heterocycles. The molecule has 1 atom stereocenters. The molecule has 1 amide bonds. The highest BCUT2D eigenvalue weighted by molar-refractivity contribution is 7.89. The van der Waals surface area contributed by atoms with E-state index < -0.39 is 10.0 Å². The van der Waals surface area contributed by atoms with Crippen LogP contribution in [-0.2, 0) is 21.2 Å². The Morgan fingerprint density at radius 1 is 1.03 bits per heavy atom. The number of rotatable bonds is 9. The van der Waals surface area contributed by atoms with E-state index in [0.29, 0.717) is 31.7 Å². The van der Waals surface area contributed by atoms with Crippen LogP contribution in [0.2, 0.25) is 0 Å². The van der Waals surface area contributed by atoms with Gasteiger partial charge in [-0.3, -0.25) is 4.79 Å². The molecule has 1 saturated heterocycles. The molecule has 1 heterocycles. The SMILES string of the molecule is COc1ccc(CCCNC(=O)C2CCCN(S(=O)(=O)c3ccc(OC)cc3)C2)cc1. The van der Waals surface area contributed by atoms with E-state index in [9.17, 15) is 13.2 Å². The van der Waals surface area contributed by atoms with Crippen LogP contribution in [0.15, 0.2) is 53.4 Å². The zero-order valence-corrected chi connectivity index (χ0v) is 18.9. The third-order valence-corrected chi connectivity index (χ3v) is 7.43. The van der Waals surface area contributed by atoms with E-state index in [1.54, 1.807) is 19.2 Å². The molecule has 0 spiro atoms. The maximum absolute atomic E-state index is 13.0. The van der Waals surface area contributed by atoms with Gasteiger partial charge in [0.15, 0.2) is 0 Å². The van der Waals surface area contributed by atoms with Crippen molar-refractivity contribution in [3.8, 4) is 11.5 Å². The van der Waals surface area contributed by atoms with Gasteiger partial charge in [0.2, 0.25) is 15.9 Å². The van der Waals surface area contributed by atoms with E-state index in [0.717, 1.165) is 18.6 Å². The lowest BCUT2D eigenvalue weighted by molar-refractivity contribution is -0.126. The number of benzene rings is 2. The zero-order chi connectivity index (χ0) is 22.3. The molecule has 0 saturated carbocycles. The summed E-state index contributed by atoms with van der Waals surface area (Å²) in [6.07, 6.45) is 3.03. The quantitative estimate of drug-likeness (QED) is 0.599. The average molecular weight is 447 g/mol. The number of methoxy groups -OCH3 is 2. The monoisotopic (exact) mass is 446 g/mol. The summed E-state index contributed by atoms with van der Waals surface area (Å²) in [7, 11) is -0.459. The van der Waals surface area contributed by atoms with Gasteiger partial charge in [0.1, 0.15) is 11.5 Å². The van der Waals surface area contributed by atoms with Crippen LogP contribution in [-0.4, -0.2) is 52.5 Å². The molecule has 7 nitrogen and oxygen atoms in total. The van der Waals surface area contributed by atoms with Crippen LogP contribution in [0.5, 0.6) is 11.5 Å². The molecular formula is C23H30N2O5S. The van der Waals surface area contributed by atoms with Crippen LogP contribution in [0, 0.1) is 5.92 Å². The molecule has 1 aliphatic rings. The third kappa shape index (κ3) is 5.98. The summed E-state index contributed by atoms with van der Waals surface area (Å²) in [5.74, 6) is 1.01. The highest BCUT2D eigenvalue weighted by Gasteiger charge is 2.33. The molecule has 2 aromatic rings. The summed E-state index contributed by atoms with van der Waals surface area (Å²) in [4.78, 5) is 12.8. The van der Waals surface area contributed by atoms with Gasteiger partial charge in [-0.1, -0.05) is 12.1 Å². The normalized spacial score (nSPS) is 17.2. The highest BCUT2D eigenvalue weighted by atomic mass is 32.2. The van der Waals surface area contributed by atoms with E-state index in [1.165, 1.54) is 29.1 Å². The number of amides is 1. The van der Waals surface area contributed by atoms with Gasteiger partial charge in [0.05, 0.1) is 25.0 Å². The average Bonchev–Trinajstić information content (AvgIpc) is 2.82. The number of ether oxygens (including phenoxy) is 2. The first-order chi connectivity index (χ1) is 14.9. The maximum Gasteiger partial charge on any atom is 0.243 e. The molecule has 8 heteroatoms. The zero-order valence-electron chi connectivity index (χ0n) is 18.0. The molecule has 0 bridgehead atoms. The van der Waals surface area contributed by atoms with Gasteiger partial charge in [-0.25, -0.2) is 8.42 Å². The number of carbonyl (C=O) groups is 1. The molecule has 0 aliphatic carbocycles. The summed E-state index contributed by atoms with van der Waals surface area (Å²) in [5, 5.41) is 2.97. The predicted molar refractivity (Wildman–Crippen MR) is 119 cm³/mol. The first kappa shape index (κ1) is 23.1. The molecule has 31 heavy (non-hydrogen) atoms. The fourth-order valence-electron chi connectivity index (χ4n) is 3.71. The summed E-state index contributed by atoms with van der Waals surface area (Å²) in [6, 6.07) is 14.2. The number of sulfonamides is 1. The molecule has 168 valence electrons. The second-order valence-electron chi connectivity index (χ2n) is 7.62. The second kappa shape index (κ2) is 10.6.